The SMILES string of the molecule is CNC(=O)CCCCCCC(=O)Nc1ccc(-n2sc(=O)n(Cc3ccccc3)c2=O)cc1. The highest BCUT2D eigenvalue weighted by Gasteiger charge is 2.12. The molecule has 0 saturated carbocycles. The third kappa shape index (κ3) is 7.01. The van der Waals surface area contributed by atoms with Gasteiger partial charge < -0.3 is 10.6 Å². The molecule has 9 heteroatoms. The molecule has 0 fully saturated rings. The van der Waals surface area contributed by atoms with E-state index in [-0.39, 0.29) is 28.9 Å². The number of benzene rings is 2. The summed E-state index contributed by atoms with van der Waals surface area (Å²) in [6.07, 6.45) is 4.31. The molecule has 33 heavy (non-hydrogen) atoms. The lowest BCUT2D eigenvalue weighted by atomic mass is 10.1. The van der Waals surface area contributed by atoms with E-state index < -0.39 is 0 Å². The first kappa shape index (κ1) is 24.2. The van der Waals surface area contributed by atoms with E-state index in [0.29, 0.717) is 24.2 Å². The van der Waals surface area contributed by atoms with Crippen LogP contribution in [0.3, 0.4) is 0 Å². The molecule has 8 nitrogen and oxygen atoms in total. The molecule has 0 unspecified atom stereocenters. The largest absolute Gasteiger partial charge is 0.359 e. The van der Waals surface area contributed by atoms with Crippen molar-refractivity contribution in [1.82, 2.24) is 13.8 Å². The van der Waals surface area contributed by atoms with Gasteiger partial charge in [0, 0.05) is 37.1 Å². The third-order valence-corrected chi connectivity index (χ3v) is 6.13. The second-order valence-electron chi connectivity index (χ2n) is 7.69. The molecule has 0 radical (unpaired) electrons. The fourth-order valence-electron chi connectivity index (χ4n) is 3.37. The van der Waals surface area contributed by atoms with Crippen molar-refractivity contribution in [2.24, 2.45) is 0 Å². The molecular weight excluding hydrogens is 440 g/mol. The van der Waals surface area contributed by atoms with Gasteiger partial charge in [-0.1, -0.05) is 43.2 Å². The van der Waals surface area contributed by atoms with Crippen LogP contribution in [0.4, 0.5) is 5.69 Å². The van der Waals surface area contributed by atoms with Gasteiger partial charge in [-0.15, -0.1) is 0 Å². The van der Waals surface area contributed by atoms with Crippen LogP contribution < -0.4 is 21.2 Å². The first-order chi connectivity index (χ1) is 16.0. The van der Waals surface area contributed by atoms with E-state index in [1.807, 2.05) is 30.3 Å². The van der Waals surface area contributed by atoms with Gasteiger partial charge in [0.2, 0.25) is 11.8 Å². The third-order valence-electron chi connectivity index (χ3n) is 5.20. The lowest BCUT2D eigenvalue weighted by Gasteiger charge is -2.07. The van der Waals surface area contributed by atoms with E-state index in [9.17, 15) is 19.2 Å². The smallest absolute Gasteiger partial charge is 0.346 e. The van der Waals surface area contributed by atoms with Crippen LogP contribution in [0.25, 0.3) is 5.69 Å². The number of anilines is 1. The zero-order valence-corrected chi connectivity index (χ0v) is 19.4. The average molecular weight is 469 g/mol. The van der Waals surface area contributed by atoms with Crippen LogP contribution in [-0.2, 0) is 16.1 Å². The summed E-state index contributed by atoms with van der Waals surface area (Å²) in [7, 11) is 1.63. The highest BCUT2D eigenvalue weighted by molar-refractivity contribution is 7.03. The Morgan fingerprint density at radius 1 is 0.848 bits per heavy atom. The summed E-state index contributed by atoms with van der Waals surface area (Å²) >= 11 is 0.853. The van der Waals surface area contributed by atoms with Crippen LogP contribution >= 0.6 is 11.5 Å². The van der Waals surface area contributed by atoms with E-state index in [2.05, 4.69) is 10.6 Å². The Morgan fingerprint density at radius 2 is 1.48 bits per heavy atom. The second kappa shape index (κ2) is 12.0. The maximum atomic E-state index is 12.7. The summed E-state index contributed by atoms with van der Waals surface area (Å²) in [5.74, 6) is -0.0385. The van der Waals surface area contributed by atoms with E-state index in [4.69, 9.17) is 0 Å². The van der Waals surface area contributed by atoms with Gasteiger partial charge in [-0.25, -0.2) is 13.3 Å². The molecule has 1 heterocycles. The molecule has 2 aromatic carbocycles. The van der Waals surface area contributed by atoms with Gasteiger partial charge in [-0.3, -0.25) is 14.4 Å². The number of unbranched alkanes of at least 4 members (excludes halogenated alkanes) is 3. The monoisotopic (exact) mass is 468 g/mol. The van der Waals surface area contributed by atoms with Gasteiger partial charge >= 0.3 is 10.6 Å². The number of nitrogens with zero attached hydrogens (tertiary/aromatic N) is 2. The Bertz CT molecular complexity index is 1180. The Labute approximate surface area is 196 Å². The van der Waals surface area contributed by atoms with Crippen molar-refractivity contribution < 1.29 is 9.59 Å². The molecule has 0 aliphatic rings. The van der Waals surface area contributed by atoms with Crippen LogP contribution in [-0.4, -0.2) is 27.4 Å². The Balaban J connectivity index is 1.52. The van der Waals surface area contributed by atoms with Crippen LogP contribution in [0.2, 0.25) is 0 Å². The maximum absolute atomic E-state index is 12.7. The molecular formula is C24H28N4O4S. The van der Waals surface area contributed by atoms with Crippen molar-refractivity contribution in [2.45, 2.75) is 45.1 Å². The summed E-state index contributed by atoms with van der Waals surface area (Å²) in [5, 5.41) is 5.44. The van der Waals surface area contributed by atoms with Gasteiger partial charge in [0.15, 0.2) is 0 Å². The summed E-state index contributed by atoms with van der Waals surface area (Å²) in [6.45, 7) is 0.224. The molecule has 0 spiro atoms. The molecule has 1 aromatic heterocycles. The molecule has 0 aliphatic carbocycles. The Morgan fingerprint density at radius 3 is 2.12 bits per heavy atom. The van der Waals surface area contributed by atoms with Crippen molar-refractivity contribution in [3.8, 4) is 5.69 Å². The van der Waals surface area contributed by atoms with Crippen LogP contribution in [0.15, 0.2) is 64.2 Å². The minimum absolute atomic E-state index is 0.0403. The maximum Gasteiger partial charge on any atom is 0.346 e. The lowest BCUT2D eigenvalue weighted by Crippen LogP contribution is -2.28. The summed E-state index contributed by atoms with van der Waals surface area (Å²) in [5.41, 5.74) is 1.70. The topological polar surface area (TPSA) is 102 Å². The summed E-state index contributed by atoms with van der Waals surface area (Å²) < 4.78 is 2.57. The number of carbonyl (C=O) groups is 2. The molecule has 2 amide bonds. The quantitative estimate of drug-likeness (QED) is 0.422. The predicted octanol–water partition coefficient (Wildman–Crippen LogP) is 3.13. The van der Waals surface area contributed by atoms with Gasteiger partial charge in [0.05, 0.1) is 12.2 Å². The minimum Gasteiger partial charge on any atom is -0.359 e. The minimum atomic E-state index is -0.387. The molecule has 0 atom stereocenters. The van der Waals surface area contributed by atoms with E-state index in [1.165, 1.54) is 8.52 Å². The molecule has 3 aromatic rings. The Kier molecular flexibility index (Phi) is 8.77. The highest BCUT2D eigenvalue weighted by atomic mass is 32.1. The fraction of sp³-hybridized carbons (Fsp3) is 0.333. The normalized spacial score (nSPS) is 10.7. The van der Waals surface area contributed by atoms with Crippen molar-refractivity contribution in [3.05, 3.63) is 80.3 Å². The van der Waals surface area contributed by atoms with Crippen molar-refractivity contribution in [1.29, 1.82) is 0 Å². The van der Waals surface area contributed by atoms with Crippen LogP contribution in [0.5, 0.6) is 0 Å². The number of nitrogens with one attached hydrogen (secondary N) is 2. The standard InChI is InChI=1S/C24H28N4O4S/c1-25-21(29)11-7-2-3-8-12-22(30)26-19-13-15-20(16-14-19)28-23(31)27(24(32)33-28)17-18-9-5-4-6-10-18/h4-6,9-10,13-16H,2-3,7-8,11-12,17H2,1H3,(H,25,29)(H,26,30). The van der Waals surface area contributed by atoms with Gasteiger partial charge in [-0.2, -0.15) is 0 Å². The average Bonchev–Trinajstić information content (AvgIpc) is 3.10. The van der Waals surface area contributed by atoms with Gasteiger partial charge in [0.1, 0.15) is 0 Å². The number of aromatic nitrogens is 2. The zero-order chi connectivity index (χ0) is 23.6. The van der Waals surface area contributed by atoms with Crippen molar-refractivity contribution >= 4 is 29.0 Å². The first-order valence-electron chi connectivity index (χ1n) is 11.0. The van der Waals surface area contributed by atoms with Gasteiger partial charge in [0.25, 0.3) is 0 Å². The second-order valence-corrected chi connectivity index (χ2v) is 8.59. The van der Waals surface area contributed by atoms with Crippen LogP contribution in [0, 0.1) is 0 Å². The molecule has 0 aliphatic heterocycles. The van der Waals surface area contributed by atoms with E-state index in [0.717, 1.165) is 42.8 Å². The number of amides is 2. The number of rotatable bonds is 11. The lowest BCUT2D eigenvalue weighted by molar-refractivity contribution is -0.120. The van der Waals surface area contributed by atoms with Gasteiger partial charge in [-0.05, 0) is 42.7 Å². The number of hydrogen-bond acceptors (Lipinski definition) is 5. The molecule has 174 valence electrons. The molecule has 2 N–H and O–H groups in total. The molecule has 3 rings (SSSR count). The van der Waals surface area contributed by atoms with E-state index >= 15 is 0 Å². The fourth-order valence-corrected chi connectivity index (χ4v) is 4.17. The highest BCUT2D eigenvalue weighted by Crippen LogP contribution is 2.14. The Hall–Kier alpha value is -3.46. The number of hydrogen-bond donors (Lipinski definition) is 2. The predicted molar refractivity (Wildman–Crippen MR) is 130 cm³/mol. The van der Waals surface area contributed by atoms with Crippen LogP contribution in [0.1, 0.15) is 44.1 Å². The summed E-state index contributed by atoms with van der Waals surface area (Å²) in [6, 6.07) is 16.2. The van der Waals surface area contributed by atoms with E-state index in [1.54, 1.807) is 31.3 Å². The van der Waals surface area contributed by atoms with Crippen molar-refractivity contribution in [3.63, 3.8) is 0 Å². The molecule has 0 saturated heterocycles. The zero-order valence-electron chi connectivity index (χ0n) is 18.6. The number of carbonyl (C=O) groups excluding carboxylic acids is 2. The summed E-state index contributed by atoms with van der Waals surface area (Å²) in [4.78, 5) is 48.1. The van der Waals surface area contributed by atoms with Crippen molar-refractivity contribution in [2.75, 3.05) is 12.4 Å². The molecule has 0 bridgehead atoms. The first-order valence-corrected chi connectivity index (χ1v) is 11.7.